The second-order valence-corrected chi connectivity index (χ2v) is 3.69. The van der Waals surface area contributed by atoms with Gasteiger partial charge >= 0.3 is 0 Å². The Kier molecular flexibility index (Phi) is 3.83. The summed E-state index contributed by atoms with van der Waals surface area (Å²) in [7, 11) is 0. The SMILES string of the molecule is CC(C)C(CN)CNn1cccc1. The zero-order chi connectivity index (χ0) is 9.68. The first-order valence-electron chi connectivity index (χ1n) is 4.81. The van der Waals surface area contributed by atoms with E-state index < -0.39 is 0 Å². The molecule has 0 aliphatic heterocycles. The Bertz CT molecular complexity index is 216. The quantitative estimate of drug-likeness (QED) is 0.718. The third kappa shape index (κ3) is 3.11. The van der Waals surface area contributed by atoms with Gasteiger partial charge in [-0.2, -0.15) is 0 Å². The standard InChI is InChI=1S/C10H19N3/c1-9(2)10(7-11)8-12-13-5-3-4-6-13/h3-6,9-10,12H,7-8,11H2,1-2H3. The van der Waals surface area contributed by atoms with Crippen LogP contribution in [-0.2, 0) is 0 Å². The van der Waals surface area contributed by atoms with Crippen LogP contribution in [0.5, 0.6) is 0 Å². The van der Waals surface area contributed by atoms with Gasteiger partial charge in [0, 0.05) is 18.9 Å². The van der Waals surface area contributed by atoms with Crippen molar-refractivity contribution in [2.45, 2.75) is 13.8 Å². The number of nitrogens with one attached hydrogen (secondary N) is 1. The van der Waals surface area contributed by atoms with Gasteiger partial charge < -0.3 is 11.2 Å². The van der Waals surface area contributed by atoms with Crippen molar-refractivity contribution in [1.29, 1.82) is 0 Å². The van der Waals surface area contributed by atoms with Crippen molar-refractivity contribution in [2.24, 2.45) is 17.6 Å². The van der Waals surface area contributed by atoms with E-state index in [1.54, 1.807) is 0 Å². The van der Waals surface area contributed by atoms with E-state index in [1.807, 2.05) is 29.2 Å². The van der Waals surface area contributed by atoms with Gasteiger partial charge in [-0.1, -0.05) is 13.8 Å². The average Bonchev–Trinajstić information content (AvgIpc) is 2.57. The lowest BCUT2D eigenvalue weighted by Crippen LogP contribution is -2.30. The van der Waals surface area contributed by atoms with E-state index in [0.717, 1.165) is 13.1 Å². The van der Waals surface area contributed by atoms with E-state index in [0.29, 0.717) is 11.8 Å². The van der Waals surface area contributed by atoms with Gasteiger partial charge in [-0.25, -0.2) is 0 Å². The lowest BCUT2D eigenvalue weighted by Gasteiger charge is -2.20. The van der Waals surface area contributed by atoms with Crippen LogP contribution in [0.15, 0.2) is 24.5 Å². The first-order valence-corrected chi connectivity index (χ1v) is 4.81. The van der Waals surface area contributed by atoms with Crippen molar-refractivity contribution in [3.63, 3.8) is 0 Å². The molecule has 1 heterocycles. The Labute approximate surface area is 79.9 Å². The van der Waals surface area contributed by atoms with E-state index in [2.05, 4.69) is 19.3 Å². The maximum Gasteiger partial charge on any atom is 0.0356 e. The number of hydrogen-bond acceptors (Lipinski definition) is 2. The first kappa shape index (κ1) is 10.1. The van der Waals surface area contributed by atoms with Crippen LogP contribution in [0.2, 0.25) is 0 Å². The van der Waals surface area contributed by atoms with Crippen LogP contribution in [0.1, 0.15) is 13.8 Å². The smallest absolute Gasteiger partial charge is 0.0356 e. The zero-order valence-corrected chi connectivity index (χ0v) is 8.40. The molecule has 0 fully saturated rings. The molecule has 3 nitrogen and oxygen atoms in total. The van der Waals surface area contributed by atoms with Crippen LogP contribution in [0, 0.1) is 11.8 Å². The van der Waals surface area contributed by atoms with Crippen molar-refractivity contribution in [1.82, 2.24) is 4.68 Å². The summed E-state index contributed by atoms with van der Waals surface area (Å²) in [6.45, 7) is 6.08. The highest BCUT2D eigenvalue weighted by Gasteiger charge is 2.10. The Morgan fingerprint density at radius 1 is 1.31 bits per heavy atom. The fourth-order valence-corrected chi connectivity index (χ4v) is 1.25. The molecule has 0 amide bonds. The molecule has 1 unspecified atom stereocenters. The second-order valence-electron chi connectivity index (χ2n) is 3.69. The summed E-state index contributed by atoms with van der Waals surface area (Å²) in [5.74, 6) is 1.18. The number of nitrogens with two attached hydrogens (primary N) is 1. The molecule has 3 N–H and O–H groups in total. The molecule has 0 aliphatic rings. The maximum absolute atomic E-state index is 5.66. The lowest BCUT2D eigenvalue weighted by atomic mass is 9.96. The average molecular weight is 181 g/mol. The highest BCUT2D eigenvalue weighted by atomic mass is 15.4. The summed E-state index contributed by atoms with van der Waals surface area (Å²) >= 11 is 0. The van der Waals surface area contributed by atoms with Crippen LogP contribution in [0.4, 0.5) is 0 Å². The minimum atomic E-state index is 0.544. The molecule has 0 spiro atoms. The van der Waals surface area contributed by atoms with Gasteiger partial charge in [-0.15, -0.1) is 0 Å². The van der Waals surface area contributed by atoms with Gasteiger partial charge in [-0.05, 0) is 30.5 Å². The zero-order valence-electron chi connectivity index (χ0n) is 8.40. The number of hydrogen-bond donors (Lipinski definition) is 2. The van der Waals surface area contributed by atoms with Crippen molar-refractivity contribution in [3.8, 4) is 0 Å². The lowest BCUT2D eigenvalue weighted by molar-refractivity contribution is 0.403. The fraction of sp³-hybridized carbons (Fsp3) is 0.600. The van der Waals surface area contributed by atoms with Gasteiger partial charge in [0.2, 0.25) is 0 Å². The normalized spacial score (nSPS) is 13.2. The Morgan fingerprint density at radius 3 is 2.38 bits per heavy atom. The van der Waals surface area contributed by atoms with Crippen molar-refractivity contribution >= 4 is 0 Å². The van der Waals surface area contributed by atoms with E-state index >= 15 is 0 Å². The molecule has 0 saturated carbocycles. The topological polar surface area (TPSA) is 43.0 Å². The summed E-state index contributed by atoms with van der Waals surface area (Å²) in [5, 5.41) is 0. The molecular formula is C10H19N3. The minimum Gasteiger partial charge on any atom is -0.330 e. The Hall–Kier alpha value is -0.960. The molecule has 1 aromatic heterocycles. The molecule has 1 aromatic rings. The summed E-state index contributed by atoms with van der Waals surface area (Å²) in [5.41, 5.74) is 8.96. The van der Waals surface area contributed by atoms with Gasteiger partial charge in [-0.3, -0.25) is 4.68 Å². The number of rotatable bonds is 5. The predicted molar refractivity (Wildman–Crippen MR) is 56.0 cm³/mol. The Morgan fingerprint density at radius 2 is 1.92 bits per heavy atom. The second kappa shape index (κ2) is 4.92. The van der Waals surface area contributed by atoms with Gasteiger partial charge in [0.1, 0.15) is 0 Å². The van der Waals surface area contributed by atoms with E-state index in [-0.39, 0.29) is 0 Å². The molecule has 3 heteroatoms. The monoisotopic (exact) mass is 181 g/mol. The Balaban J connectivity index is 2.32. The molecule has 0 bridgehead atoms. The van der Waals surface area contributed by atoms with Crippen molar-refractivity contribution in [3.05, 3.63) is 24.5 Å². The summed E-state index contributed by atoms with van der Waals surface area (Å²) in [6, 6.07) is 4.00. The molecule has 1 rings (SSSR count). The van der Waals surface area contributed by atoms with Crippen LogP contribution in [0.25, 0.3) is 0 Å². The van der Waals surface area contributed by atoms with Crippen LogP contribution >= 0.6 is 0 Å². The third-order valence-corrected chi connectivity index (χ3v) is 2.39. The van der Waals surface area contributed by atoms with Crippen LogP contribution in [0.3, 0.4) is 0 Å². The third-order valence-electron chi connectivity index (χ3n) is 2.39. The minimum absolute atomic E-state index is 0.544. The van der Waals surface area contributed by atoms with Gasteiger partial charge in [0.15, 0.2) is 0 Å². The predicted octanol–water partition coefficient (Wildman–Crippen LogP) is 1.26. The van der Waals surface area contributed by atoms with Crippen molar-refractivity contribution < 1.29 is 0 Å². The largest absolute Gasteiger partial charge is 0.330 e. The van der Waals surface area contributed by atoms with Crippen LogP contribution < -0.4 is 11.2 Å². The van der Waals surface area contributed by atoms with Crippen molar-refractivity contribution in [2.75, 3.05) is 18.5 Å². The molecule has 74 valence electrons. The molecule has 0 saturated heterocycles. The highest BCUT2D eigenvalue weighted by molar-refractivity contribution is 4.93. The summed E-state index contributed by atoms with van der Waals surface area (Å²) < 4.78 is 1.96. The van der Waals surface area contributed by atoms with E-state index in [1.165, 1.54) is 0 Å². The van der Waals surface area contributed by atoms with E-state index in [4.69, 9.17) is 5.73 Å². The van der Waals surface area contributed by atoms with Gasteiger partial charge in [0.25, 0.3) is 0 Å². The number of aromatic nitrogens is 1. The molecular weight excluding hydrogens is 162 g/mol. The van der Waals surface area contributed by atoms with Crippen LogP contribution in [-0.4, -0.2) is 17.8 Å². The molecule has 1 atom stereocenters. The fourth-order valence-electron chi connectivity index (χ4n) is 1.25. The van der Waals surface area contributed by atoms with E-state index in [9.17, 15) is 0 Å². The maximum atomic E-state index is 5.66. The molecule has 0 aliphatic carbocycles. The van der Waals surface area contributed by atoms with Gasteiger partial charge in [0.05, 0.1) is 0 Å². The summed E-state index contributed by atoms with van der Waals surface area (Å²) in [4.78, 5) is 0. The summed E-state index contributed by atoms with van der Waals surface area (Å²) in [6.07, 6.45) is 3.99. The molecule has 13 heavy (non-hydrogen) atoms. The molecule has 0 radical (unpaired) electrons. The number of nitrogens with zero attached hydrogens (tertiary/aromatic N) is 1. The molecule has 0 aromatic carbocycles. The first-order chi connectivity index (χ1) is 6.24. The highest BCUT2D eigenvalue weighted by Crippen LogP contribution is 2.07.